The van der Waals surface area contributed by atoms with Crippen molar-refractivity contribution in [3.8, 4) is 16.9 Å². The molecule has 0 radical (unpaired) electrons. The maximum Gasteiger partial charge on any atom is 0.178 e. The summed E-state index contributed by atoms with van der Waals surface area (Å²) in [5.41, 5.74) is 5.11. The van der Waals surface area contributed by atoms with Crippen molar-refractivity contribution in [2.75, 3.05) is 32.8 Å². The van der Waals surface area contributed by atoms with E-state index < -0.39 is 5.72 Å². The minimum Gasteiger partial charge on any atom is -0.353 e. The number of aldehydes is 1. The van der Waals surface area contributed by atoms with Gasteiger partial charge in [-0.15, -0.1) is 0 Å². The molecule has 1 atom stereocenters. The Morgan fingerprint density at radius 1 is 0.971 bits per heavy atom. The number of piperazine rings is 1. The van der Waals surface area contributed by atoms with Crippen LogP contribution >= 0.6 is 23.2 Å². The maximum absolute atomic E-state index is 11.8. The van der Waals surface area contributed by atoms with Gasteiger partial charge in [-0.1, -0.05) is 35.3 Å². The summed E-state index contributed by atoms with van der Waals surface area (Å²) in [5.74, 6) is 0. The predicted molar refractivity (Wildman–Crippen MR) is 137 cm³/mol. The second kappa shape index (κ2) is 9.84. The Bertz CT molecular complexity index is 1140. The lowest BCUT2D eigenvalue weighted by Crippen LogP contribution is -2.57. The highest BCUT2D eigenvalue weighted by atomic mass is 35.5. The minimum atomic E-state index is -0.707. The van der Waals surface area contributed by atoms with E-state index >= 15 is 0 Å². The van der Waals surface area contributed by atoms with E-state index in [1.165, 1.54) is 11.3 Å². The molecule has 2 aliphatic rings. The molecule has 0 N–H and O–H groups in total. The lowest BCUT2D eigenvalue weighted by Gasteiger charge is -2.42. The number of hydrogen-bond donors (Lipinski definition) is 0. The predicted octanol–water partition coefficient (Wildman–Crippen LogP) is 5.58. The Morgan fingerprint density at radius 2 is 1.62 bits per heavy atom. The van der Waals surface area contributed by atoms with E-state index in [2.05, 4.69) is 51.6 Å². The first-order valence-corrected chi connectivity index (χ1v) is 12.6. The van der Waals surface area contributed by atoms with Gasteiger partial charge in [0.2, 0.25) is 0 Å². The summed E-state index contributed by atoms with van der Waals surface area (Å²) in [5, 5.41) is 1.45. The van der Waals surface area contributed by atoms with Gasteiger partial charge in [0.1, 0.15) is 0 Å². The molecule has 0 saturated carbocycles. The van der Waals surface area contributed by atoms with Gasteiger partial charge in [0.25, 0.3) is 0 Å². The monoisotopic (exact) mass is 497 g/mol. The smallest absolute Gasteiger partial charge is 0.178 e. The summed E-state index contributed by atoms with van der Waals surface area (Å²) in [6, 6.07) is 18.2. The van der Waals surface area contributed by atoms with E-state index in [-0.39, 0.29) is 0 Å². The Balaban J connectivity index is 1.40. The lowest BCUT2D eigenvalue weighted by atomic mass is 10.1. The molecular formula is C27H29Cl2N3O2. The van der Waals surface area contributed by atoms with Gasteiger partial charge >= 0.3 is 0 Å². The highest BCUT2D eigenvalue weighted by Crippen LogP contribution is 2.33. The van der Waals surface area contributed by atoms with Gasteiger partial charge in [-0.2, -0.15) is 0 Å². The molecule has 178 valence electrons. The van der Waals surface area contributed by atoms with Crippen LogP contribution in [-0.2, 0) is 16.1 Å². The fourth-order valence-electron chi connectivity index (χ4n) is 5.16. The third kappa shape index (κ3) is 4.56. The average Bonchev–Trinajstić information content (AvgIpc) is 3.47. The summed E-state index contributed by atoms with van der Waals surface area (Å²) in [6.45, 7) is 7.17. The van der Waals surface area contributed by atoms with E-state index in [9.17, 15) is 4.79 Å². The molecule has 0 aliphatic carbocycles. The highest BCUT2D eigenvalue weighted by molar-refractivity contribution is 6.30. The van der Waals surface area contributed by atoms with Crippen LogP contribution in [0.15, 0.2) is 54.6 Å². The molecule has 0 bridgehead atoms. The van der Waals surface area contributed by atoms with Crippen molar-refractivity contribution >= 4 is 29.5 Å². The summed E-state index contributed by atoms with van der Waals surface area (Å²) in [4.78, 5) is 16.5. The SMILES string of the molecule is Cc1c(CN2CCN(C3(C=O)CCCO3)CC2)cc(-c2ccc(Cl)cc2)n1-c1ccc(Cl)cc1. The third-order valence-corrected chi connectivity index (χ3v) is 7.60. The molecule has 3 heterocycles. The van der Waals surface area contributed by atoms with Crippen molar-refractivity contribution < 1.29 is 9.53 Å². The van der Waals surface area contributed by atoms with E-state index in [0.717, 1.165) is 78.8 Å². The number of rotatable bonds is 6. The number of halogens is 2. The standard InChI is InChI=1S/C27H29Cl2N3O2/c1-20-22(18-30-12-14-31(15-13-30)27(19-33)11-2-16-34-27)17-26(21-3-5-23(28)6-4-21)32(20)25-9-7-24(29)8-10-25/h3-10,17,19H,2,11-16,18H2,1H3. The Hall–Kier alpha value is -2.15. The van der Waals surface area contributed by atoms with Crippen molar-refractivity contribution in [1.82, 2.24) is 14.4 Å². The summed E-state index contributed by atoms with van der Waals surface area (Å²) in [7, 11) is 0. The number of carbonyl (C=O) groups is 1. The normalized spacial score (nSPS) is 21.7. The summed E-state index contributed by atoms with van der Waals surface area (Å²) >= 11 is 12.3. The van der Waals surface area contributed by atoms with Crippen LogP contribution in [0.4, 0.5) is 0 Å². The summed E-state index contributed by atoms with van der Waals surface area (Å²) in [6.07, 6.45) is 2.75. The van der Waals surface area contributed by atoms with Crippen molar-refractivity contribution in [2.45, 2.75) is 32.0 Å². The van der Waals surface area contributed by atoms with Gasteiger partial charge in [-0.05, 0) is 73.4 Å². The molecule has 0 spiro atoms. The third-order valence-electron chi connectivity index (χ3n) is 7.09. The van der Waals surface area contributed by atoms with Gasteiger partial charge < -0.3 is 9.30 Å². The molecule has 7 heteroatoms. The number of aromatic nitrogens is 1. The molecule has 2 saturated heterocycles. The van der Waals surface area contributed by atoms with Crippen LogP contribution < -0.4 is 0 Å². The van der Waals surface area contributed by atoms with E-state index in [4.69, 9.17) is 27.9 Å². The Kier molecular flexibility index (Phi) is 6.83. The molecule has 1 aromatic heterocycles. The Morgan fingerprint density at radius 3 is 2.21 bits per heavy atom. The second-order valence-electron chi connectivity index (χ2n) is 9.14. The molecule has 2 aliphatic heterocycles. The van der Waals surface area contributed by atoms with E-state index in [0.29, 0.717) is 6.61 Å². The number of carbonyl (C=O) groups excluding carboxylic acids is 1. The van der Waals surface area contributed by atoms with Crippen LogP contribution in [0.2, 0.25) is 10.0 Å². The van der Waals surface area contributed by atoms with Crippen molar-refractivity contribution in [3.05, 3.63) is 75.9 Å². The first-order valence-electron chi connectivity index (χ1n) is 11.8. The van der Waals surface area contributed by atoms with Gasteiger partial charge in [0, 0.05) is 60.8 Å². The molecule has 2 aromatic carbocycles. The fourth-order valence-corrected chi connectivity index (χ4v) is 5.42. The van der Waals surface area contributed by atoms with Crippen molar-refractivity contribution in [1.29, 1.82) is 0 Å². The molecule has 5 rings (SSSR count). The zero-order valence-electron chi connectivity index (χ0n) is 19.3. The quantitative estimate of drug-likeness (QED) is 0.416. The number of nitrogens with zero attached hydrogens (tertiary/aromatic N) is 3. The van der Waals surface area contributed by atoms with Crippen molar-refractivity contribution in [3.63, 3.8) is 0 Å². The van der Waals surface area contributed by atoms with Crippen LogP contribution in [0.3, 0.4) is 0 Å². The maximum atomic E-state index is 11.8. The average molecular weight is 498 g/mol. The zero-order valence-corrected chi connectivity index (χ0v) is 20.9. The first kappa shape index (κ1) is 23.6. The van der Waals surface area contributed by atoms with Crippen LogP contribution in [0, 0.1) is 6.92 Å². The van der Waals surface area contributed by atoms with Gasteiger partial charge in [0.05, 0.1) is 5.69 Å². The molecule has 34 heavy (non-hydrogen) atoms. The largest absolute Gasteiger partial charge is 0.353 e. The first-order chi connectivity index (χ1) is 16.5. The highest BCUT2D eigenvalue weighted by Gasteiger charge is 2.42. The lowest BCUT2D eigenvalue weighted by molar-refractivity contribution is -0.156. The molecule has 5 nitrogen and oxygen atoms in total. The van der Waals surface area contributed by atoms with E-state index in [1.807, 2.05) is 24.3 Å². The van der Waals surface area contributed by atoms with Gasteiger partial charge in [0.15, 0.2) is 12.0 Å². The van der Waals surface area contributed by atoms with Gasteiger partial charge in [-0.25, -0.2) is 0 Å². The number of benzene rings is 2. The molecule has 1 unspecified atom stereocenters. The molecule has 0 amide bonds. The van der Waals surface area contributed by atoms with Gasteiger partial charge in [-0.3, -0.25) is 14.6 Å². The molecular weight excluding hydrogens is 469 g/mol. The van der Waals surface area contributed by atoms with Crippen LogP contribution in [0.5, 0.6) is 0 Å². The number of ether oxygens (including phenoxy) is 1. The minimum absolute atomic E-state index is 0.670. The number of hydrogen-bond acceptors (Lipinski definition) is 4. The van der Waals surface area contributed by atoms with Crippen LogP contribution in [0.25, 0.3) is 16.9 Å². The van der Waals surface area contributed by atoms with E-state index in [1.54, 1.807) is 0 Å². The van der Waals surface area contributed by atoms with Crippen molar-refractivity contribution in [2.24, 2.45) is 0 Å². The summed E-state index contributed by atoms with van der Waals surface area (Å²) < 4.78 is 8.14. The molecule has 3 aromatic rings. The molecule has 2 fully saturated rings. The van der Waals surface area contributed by atoms with Crippen LogP contribution in [0.1, 0.15) is 24.1 Å². The Labute approximate surface area is 210 Å². The zero-order chi connectivity index (χ0) is 23.7. The fraction of sp³-hybridized carbons (Fsp3) is 0.370. The topological polar surface area (TPSA) is 37.7 Å². The second-order valence-corrected chi connectivity index (χ2v) is 10.0. The van der Waals surface area contributed by atoms with Crippen LogP contribution in [-0.4, -0.2) is 59.2 Å².